The molecular weight excluding hydrogens is 197 g/mol. The lowest BCUT2D eigenvalue weighted by atomic mass is 10.2. The third kappa shape index (κ3) is 1.94. The molecule has 0 aliphatic rings. The van der Waals surface area contributed by atoms with Gasteiger partial charge in [-0.2, -0.15) is 18.3 Å². The molecule has 0 aromatic carbocycles. The maximum Gasteiger partial charge on any atom is 0.454 e. The smallest absolute Gasteiger partial charge is 0.284 e. The summed E-state index contributed by atoms with van der Waals surface area (Å²) in [6.07, 6.45) is -3.71. The van der Waals surface area contributed by atoms with Crippen molar-refractivity contribution in [3.05, 3.63) is 17.5 Å². The molecule has 78 valence electrons. The van der Waals surface area contributed by atoms with Crippen molar-refractivity contribution >= 4 is 5.78 Å². The number of ketones is 1. The maximum atomic E-state index is 12.0. The number of alkyl halides is 3. The molecule has 1 aromatic heterocycles. The fourth-order valence-corrected chi connectivity index (χ4v) is 1.06. The van der Waals surface area contributed by atoms with Gasteiger partial charge in [0, 0.05) is 12.7 Å². The summed E-state index contributed by atoms with van der Waals surface area (Å²) in [5.41, 5.74) is -0.270. The summed E-state index contributed by atoms with van der Waals surface area (Å²) in [4.78, 5) is 10.8. The number of Topliss-reactive ketones (excluding diaryl/α,β-unsaturated/α-hetero) is 1. The van der Waals surface area contributed by atoms with Gasteiger partial charge in [-0.15, -0.1) is 0 Å². The van der Waals surface area contributed by atoms with E-state index in [1.54, 1.807) is 6.92 Å². The first-order chi connectivity index (χ1) is 6.36. The van der Waals surface area contributed by atoms with Crippen LogP contribution < -0.4 is 0 Å². The Kier molecular flexibility index (Phi) is 2.64. The van der Waals surface area contributed by atoms with Crippen LogP contribution >= 0.6 is 0 Å². The normalized spacial score (nSPS) is 11.8. The van der Waals surface area contributed by atoms with Crippen molar-refractivity contribution in [1.29, 1.82) is 0 Å². The van der Waals surface area contributed by atoms with Gasteiger partial charge in [-0.3, -0.25) is 9.48 Å². The van der Waals surface area contributed by atoms with Gasteiger partial charge in [-0.1, -0.05) is 0 Å². The van der Waals surface area contributed by atoms with Gasteiger partial charge < -0.3 is 0 Å². The summed E-state index contributed by atoms with van der Waals surface area (Å²) < 4.78 is 37.4. The first-order valence-electron chi connectivity index (χ1n) is 4.01. The van der Waals surface area contributed by atoms with Crippen molar-refractivity contribution in [1.82, 2.24) is 9.78 Å². The minimum absolute atomic E-state index is 0.106. The van der Waals surface area contributed by atoms with Crippen molar-refractivity contribution in [2.45, 2.75) is 26.6 Å². The second-order valence-corrected chi connectivity index (χ2v) is 2.81. The lowest BCUT2D eigenvalue weighted by molar-refractivity contribution is -0.0885. The van der Waals surface area contributed by atoms with Gasteiger partial charge in [0.15, 0.2) is 0 Å². The number of carbonyl (C=O) groups is 1. The molecule has 6 heteroatoms. The Balaban J connectivity index is 3.07. The summed E-state index contributed by atoms with van der Waals surface area (Å²) in [6.45, 7) is 3.55. The van der Waals surface area contributed by atoms with E-state index in [0.29, 0.717) is 6.54 Å². The van der Waals surface area contributed by atoms with Crippen LogP contribution in [-0.4, -0.2) is 21.7 Å². The van der Waals surface area contributed by atoms with E-state index in [1.807, 2.05) is 0 Å². The summed E-state index contributed by atoms with van der Waals surface area (Å²) in [5.74, 6) is -1.84. The molecule has 0 fully saturated rings. The van der Waals surface area contributed by atoms with Gasteiger partial charge >= 0.3 is 6.18 Å². The zero-order chi connectivity index (χ0) is 10.9. The molecule has 1 aromatic rings. The highest BCUT2D eigenvalue weighted by Gasteiger charge is 2.40. The predicted octanol–water partition coefficient (Wildman–Crippen LogP) is 1.96. The van der Waals surface area contributed by atoms with E-state index >= 15 is 0 Å². The number of halogens is 3. The van der Waals surface area contributed by atoms with Gasteiger partial charge in [-0.05, 0) is 13.8 Å². The average Bonchev–Trinajstić information content (AvgIpc) is 2.43. The lowest BCUT2D eigenvalue weighted by Crippen LogP contribution is -2.23. The summed E-state index contributed by atoms with van der Waals surface area (Å²) >= 11 is 0. The fraction of sp³-hybridized carbons (Fsp3) is 0.500. The second-order valence-electron chi connectivity index (χ2n) is 2.81. The van der Waals surface area contributed by atoms with Crippen LogP contribution in [0.3, 0.4) is 0 Å². The highest BCUT2D eigenvalue weighted by Crippen LogP contribution is 2.22. The number of aromatic nitrogens is 2. The Morgan fingerprint density at radius 1 is 1.57 bits per heavy atom. The standard InChI is InChI=1S/C8H9F3N2O/c1-3-13-4-6(5(2)12-13)7(14)8(9,10)11/h4H,3H2,1-2H3. The third-order valence-corrected chi connectivity index (χ3v) is 1.77. The molecule has 1 heterocycles. The zero-order valence-electron chi connectivity index (χ0n) is 7.72. The predicted molar refractivity (Wildman–Crippen MR) is 43.0 cm³/mol. The molecule has 1 rings (SSSR count). The van der Waals surface area contributed by atoms with E-state index in [0.717, 1.165) is 6.20 Å². The molecule has 0 spiro atoms. The maximum absolute atomic E-state index is 12.0. The van der Waals surface area contributed by atoms with Gasteiger partial charge in [-0.25, -0.2) is 0 Å². The molecule has 0 aliphatic heterocycles. The first kappa shape index (κ1) is 10.7. The van der Waals surface area contributed by atoms with Crippen LogP contribution in [-0.2, 0) is 6.54 Å². The van der Waals surface area contributed by atoms with Crippen LogP contribution in [0.25, 0.3) is 0 Å². The number of aryl methyl sites for hydroxylation is 2. The van der Waals surface area contributed by atoms with Crippen LogP contribution in [0.15, 0.2) is 6.20 Å². The monoisotopic (exact) mass is 206 g/mol. The molecule has 0 radical (unpaired) electrons. The third-order valence-electron chi connectivity index (χ3n) is 1.77. The SMILES string of the molecule is CCn1cc(C(=O)C(F)(F)F)c(C)n1. The van der Waals surface area contributed by atoms with Gasteiger partial charge in [0.2, 0.25) is 0 Å². The first-order valence-corrected chi connectivity index (χ1v) is 4.01. The summed E-state index contributed by atoms with van der Waals surface area (Å²) in [7, 11) is 0. The molecule has 0 unspecified atom stereocenters. The Morgan fingerprint density at radius 3 is 2.50 bits per heavy atom. The van der Waals surface area contributed by atoms with Crippen molar-refractivity contribution in [2.75, 3.05) is 0 Å². The second kappa shape index (κ2) is 3.43. The van der Waals surface area contributed by atoms with E-state index < -0.39 is 12.0 Å². The number of hydrogen-bond acceptors (Lipinski definition) is 2. The molecule has 3 nitrogen and oxygen atoms in total. The Morgan fingerprint density at radius 2 is 2.14 bits per heavy atom. The molecule has 14 heavy (non-hydrogen) atoms. The van der Waals surface area contributed by atoms with E-state index in [9.17, 15) is 18.0 Å². The zero-order valence-corrected chi connectivity index (χ0v) is 7.72. The highest BCUT2D eigenvalue weighted by molar-refractivity contribution is 6.00. The number of hydrogen-bond donors (Lipinski definition) is 0. The van der Waals surface area contributed by atoms with Crippen LogP contribution in [0.1, 0.15) is 23.0 Å². The van der Waals surface area contributed by atoms with Crippen LogP contribution in [0, 0.1) is 6.92 Å². The van der Waals surface area contributed by atoms with E-state index in [2.05, 4.69) is 5.10 Å². The number of nitrogens with zero attached hydrogens (tertiary/aromatic N) is 2. The van der Waals surface area contributed by atoms with Crippen LogP contribution in [0.4, 0.5) is 13.2 Å². The van der Waals surface area contributed by atoms with Crippen molar-refractivity contribution in [3.63, 3.8) is 0 Å². The minimum atomic E-state index is -4.83. The fourth-order valence-electron chi connectivity index (χ4n) is 1.06. The Bertz CT molecular complexity index is 354. The van der Waals surface area contributed by atoms with Crippen molar-refractivity contribution in [3.8, 4) is 0 Å². The Hall–Kier alpha value is -1.33. The average molecular weight is 206 g/mol. The van der Waals surface area contributed by atoms with Crippen LogP contribution in [0.5, 0.6) is 0 Å². The van der Waals surface area contributed by atoms with Crippen LogP contribution in [0.2, 0.25) is 0 Å². The van der Waals surface area contributed by atoms with Crippen molar-refractivity contribution in [2.24, 2.45) is 0 Å². The minimum Gasteiger partial charge on any atom is -0.284 e. The summed E-state index contributed by atoms with van der Waals surface area (Å²) in [6, 6.07) is 0. The molecule has 0 aliphatic carbocycles. The van der Waals surface area contributed by atoms with Gasteiger partial charge in [0.1, 0.15) is 0 Å². The molecule has 0 bridgehead atoms. The highest BCUT2D eigenvalue weighted by atomic mass is 19.4. The largest absolute Gasteiger partial charge is 0.454 e. The van der Waals surface area contributed by atoms with Crippen molar-refractivity contribution < 1.29 is 18.0 Å². The van der Waals surface area contributed by atoms with Gasteiger partial charge in [0.25, 0.3) is 5.78 Å². The van der Waals surface area contributed by atoms with E-state index in [1.165, 1.54) is 11.6 Å². The molecular formula is C8H9F3N2O. The van der Waals surface area contributed by atoms with E-state index in [-0.39, 0.29) is 11.3 Å². The molecule has 0 amide bonds. The van der Waals surface area contributed by atoms with E-state index in [4.69, 9.17) is 0 Å². The Labute approximate surface area is 78.5 Å². The topological polar surface area (TPSA) is 34.9 Å². The molecule has 0 N–H and O–H groups in total. The molecule has 0 saturated carbocycles. The number of rotatable bonds is 2. The lowest BCUT2D eigenvalue weighted by Gasteiger charge is -2.02. The molecule has 0 atom stereocenters. The summed E-state index contributed by atoms with van der Waals surface area (Å²) in [5, 5.41) is 3.76. The quantitative estimate of drug-likeness (QED) is 0.693. The number of carbonyl (C=O) groups excluding carboxylic acids is 1. The molecule has 0 saturated heterocycles. The van der Waals surface area contributed by atoms with Gasteiger partial charge in [0.05, 0.1) is 11.3 Å².